The van der Waals surface area contributed by atoms with Gasteiger partial charge in [-0.1, -0.05) is 12.1 Å². The minimum absolute atomic E-state index is 0.0914. The van der Waals surface area contributed by atoms with Crippen molar-refractivity contribution in [3.8, 4) is 0 Å². The maximum Gasteiger partial charge on any atom is 0.325 e. The van der Waals surface area contributed by atoms with E-state index in [0.717, 1.165) is 5.56 Å². The monoisotopic (exact) mass is 241 g/mol. The molecule has 0 radical (unpaired) electrons. The number of fused-ring (bicyclic) bond motifs is 1. The van der Waals surface area contributed by atoms with E-state index in [1.165, 1.54) is 6.07 Å². The van der Waals surface area contributed by atoms with Crippen molar-refractivity contribution < 1.29 is 18.3 Å². The van der Waals surface area contributed by atoms with Crippen LogP contribution in [0.25, 0.3) is 0 Å². The third-order valence-corrected chi connectivity index (χ3v) is 4.48. The number of carboxylic acid groups (broad SMARTS) is 1. The summed E-state index contributed by atoms with van der Waals surface area (Å²) in [7, 11) is -3.24. The molecule has 1 aliphatic rings. The summed E-state index contributed by atoms with van der Waals surface area (Å²) in [6.45, 7) is 0. The van der Waals surface area contributed by atoms with Crippen LogP contribution >= 0.6 is 0 Å². The van der Waals surface area contributed by atoms with Crippen LogP contribution in [-0.4, -0.2) is 25.2 Å². The zero-order chi connectivity index (χ0) is 11.9. The Morgan fingerprint density at radius 1 is 1.44 bits per heavy atom. The van der Waals surface area contributed by atoms with E-state index in [0.29, 0.717) is 12.0 Å². The van der Waals surface area contributed by atoms with E-state index >= 15 is 0 Å². The number of benzene rings is 1. The molecule has 1 aliphatic heterocycles. The minimum atomic E-state index is -3.24. The molecule has 0 saturated carbocycles. The van der Waals surface area contributed by atoms with Gasteiger partial charge in [-0.05, 0) is 23.6 Å². The van der Waals surface area contributed by atoms with Crippen LogP contribution < -0.4 is 5.73 Å². The number of aliphatic carboxylic acids is 1. The quantitative estimate of drug-likeness (QED) is 0.765. The van der Waals surface area contributed by atoms with Crippen LogP contribution in [0.5, 0.6) is 0 Å². The Morgan fingerprint density at radius 3 is 2.75 bits per heavy atom. The average Bonchev–Trinajstić information content (AvgIpc) is 2.53. The lowest BCUT2D eigenvalue weighted by Crippen LogP contribution is -2.20. The average molecular weight is 241 g/mol. The SMILES string of the molecule is NC(C(=O)O)c1ccc2c(c1)S(=O)(=O)CC2. The number of hydrogen-bond donors (Lipinski definition) is 2. The summed E-state index contributed by atoms with van der Waals surface area (Å²) in [5, 5.41) is 8.74. The van der Waals surface area contributed by atoms with E-state index in [1.807, 2.05) is 0 Å². The first-order valence-electron chi connectivity index (χ1n) is 4.76. The van der Waals surface area contributed by atoms with Crippen molar-refractivity contribution in [3.63, 3.8) is 0 Å². The summed E-state index contributed by atoms with van der Waals surface area (Å²) in [5.74, 6) is -1.08. The Hall–Kier alpha value is -1.40. The fraction of sp³-hybridized carbons (Fsp3) is 0.300. The molecule has 16 heavy (non-hydrogen) atoms. The first-order chi connectivity index (χ1) is 7.42. The van der Waals surface area contributed by atoms with Crippen LogP contribution in [0, 0.1) is 0 Å². The maximum absolute atomic E-state index is 11.6. The summed E-state index contributed by atoms with van der Waals surface area (Å²) in [6, 6.07) is 3.40. The normalized spacial score (nSPS) is 19.1. The fourth-order valence-corrected chi connectivity index (χ4v) is 3.35. The van der Waals surface area contributed by atoms with Crippen molar-refractivity contribution in [3.05, 3.63) is 29.3 Å². The van der Waals surface area contributed by atoms with Gasteiger partial charge in [-0.25, -0.2) is 8.42 Å². The molecule has 1 heterocycles. The second-order valence-corrected chi connectivity index (χ2v) is 5.83. The molecule has 5 nitrogen and oxygen atoms in total. The zero-order valence-corrected chi connectivity index (χ0v) is 9.20. The molecule has 0 fully saturated rings. The van der Waals surface area contributed by atoms with Crippen LogP contribution in [0.15, 0.2) is 23.1 Å². The third kappa shape index (κ3) is 1.70. The number of carbonyl (C=O) groups is 1. The van der Waals surface area contributed by atoms with Crippen LogP contribution in [0.1, 0.15) is 17.2 Å². The molecule has 6 heteroatoms. The van der Waals surface area contributed by atoms with E-state index in [-0.39, 0.29) is 10.6 Å². The molecule has 2 rings (SSSR count). The fourth-order valence-electron chi connectivity index (χ4n) is 1.76. The Kier molecular flexibility index (Phi) is 2.47. The molecule has 3 N–H and O–H groups in total. The Morgan fingerprint density at radius 2 is 2.12 bits per heavy atom. The van der Waals surface area contributed by atoms with Crippen LogP contribution in [0.4, 0.5) is 0 Å². The number of carboxylic acids is 1. The predicted octanol–water partition coefficient (Wildman–Crippen LogP) is 0.101. The Labute approximate surface area is 92.8 Å². The van der Waals surface area contributed by atoms with Crippen LogP contribution in [-0.2, 0) is 21.1 Å². The van der Waals surface area contributed by atoms with Crippen molar-refractivity contribution in [1.29, 1.82) is 0 Å². The molecule has 0 aliphatic carbocycles. The highest BCUT2D eigenvalue weighted by Gasteiger charge is 2.27. The topological polar surface area (TPSA) is 97.5 Å². The van der Waals surface area contributed by atoms with E-state index < -0.39 is 21.8 Å². The summed E-state index contributed by atoms with van der Waals surface area (Å²) < 4.78 is 23.2. The lowest BCUT2D eigenvalue weighted by atomic mass is 10.0. The molecule has 1 atom stereocenters. The molecule has 1 aromatic carbocycles. The minimum Gasteiger partial charge on any atom is -0.480 e. The molecule has 0 spiro atoms. The highest BCUT2D eigenvalue weighted by atomic mass is 32.2. The first-order valence-corrected chi connectivity index (χ1v) is 6.41. The molecule has 0 aromatic heterocycles. The number of rotatable bonds is 2. The molecule has 1 aromatic rings. The summed E-state index contributed by atoms with van der Waals surface area (Å²) in [5.41, 5.74) is 6.48. The van der Waals surface area contributed by atoms with Gasteiger partial charge in [0.25, 0.3) is 0 Å². The number of aryl methyl sites for hydroxylation is 1. The van der Waals surface area contributed by atoms with E-state index in [2.05, 4.69) is 0 Å². The third-order valence-electron chi connectivity index (χ3n) is 2.69. The summed E-state index contributed by atoms with van der Waals surface area (Å²) >= 11 is 0. The van der Waals surface area contributed by atoms with Gasteiger partial charge in [0.15, 0.2) is 9.84 Å². The standard InChI is InChI=1S/C10H11NO4S/c11-9(10(12)13)7-2-1-6-3-4-16(14,15)8(6)5-7/h1-2,5,9H,3-4,11H2,(H,12,13). The molecule has 0 saturated heterocycles. The van der Waals surface area contributed by atoms with Crippen molar-refractivity contribution >= 4 is 15.8 Å². The van der Waals surface area contributed by atoms with Gasteiger partial charge in [-0.3, -0.25) is 4.79 Å². The predicted molar refractivity (Wildman–Crippen MR) is 56.8 cm³/mol. The maximum atomic E-state index is 11.6. The highest BCUT2D eigenvalue weighted by Crippen LogP contribution is 2.28. The van der Waals surface area contributed by atoms with Crippen LogP contribution in [0.2, 0.25) is 0 Å². The van der Waals surface area contributed by atoms with Crippen molar-refractivity contribution in [2.45, 2.75) is 17.4 Å². The van der Waals surface area contributed by atoms with Crippen LogP contribution in [0.3, 0.4) is 0 Å². The second-order valence-electron chi connectivity index (χ2n) is 3.75. The largest absolute Gasteiger partial charge is 0.480 e. The molecular formula is C10H11NO4S. The molecule has 1 unspecified atom stereocenters. The van der Waals surface area contributed by atoms with Gasteiger partial charge in [-0.2, -0.15) is 0 Å². The van der Waals surface area contributed by atoms with E-state index in [9.17, 15) is 13.2 Å². The number of nitrogens with two attached hydrogens (primary N) is 1. The molecule has 0 amide bonds. The lowest BCUT2D eigenvalue weighted by molar-refractivity contribution is -0.138. The van der Waals surface area contributed by atoms with Crippen molar-refractivity contribution in [2.75, 3.05) is 5.75 Å². The molecule has 86 valence electrons. The number of hydrogen-bond acceptors (Lipinski definition) is 4. The lowest BCUT2D eigenvalue weighted by Gasteiger charge is -2.08. The van der Waals surface area contributed by atoms with Crippen molar-refractivity contribution in [2.24, 2.45) is 5.73 Å². The Bertz CT molecular complexity index is 550. The molecule has 0 bridgehead atoms. The number of sulfone groups is 1. The molecular weight excluding hydrogens is 230 g/mol. The zero-order valence-electron chi connectivity index (χ0n) is 8.38. The van der Waals surface area contributed by atoms with Gasteiger partial charge in [-0.15, -0.1) is 0 Å². The smallest absolute Gasteiger partial charge is 0.325 e. The van der Waals surface area contributed by atoms with Crippen molar-refractivity contribution in [1.82, 2.24) is 0 Å². The summed E-state index contributed by atoms with van der Waals surface area (Å²) in [4.78, 5) is 10.9. The van der Waals surface area contributed by atoms with Gasteiger partial charge in [0.2, 0.25) is 0 Å². The first kappa shape index (κ1) is 11.1. The van der Waals surface area contributed by atoms with Gasteiger partial charge in [0.1, 0.15) is 6.04 Å². The van der Waals surface area contributed by atoms with E-state index in [4.69, 9.17) is 10.8 Å². The Balaban J connectivity index is 2.52. The van der Waals surface area contributed by atoms with Gasteiger partial charge in [0, 0.05) is 0 Å². The highest BCUT2D eigenvalue weighted by molar-refractivity contribution is 7.91. The second kappa shape index (κ2) is 3.57. The van der Waals surface area contributed by atoms with Gasteiger partial charge >= 0.3 is 5.97 Å². The summed E-state index contributed by atoms with van der Waals surface area (Å²) in [6.07, 6.45) is 0.486. The van der Waals surface area contributed by atoms with E-state index in [1.54, 1.807) is 12.1 Å². The van der Waals surface area contributed by atoms with Gasteiger partial charge in [0.05, 0.1) is 10.6 Å². The van der Waals surface area contributed by atoms with Gasteiger partial charge < -0.3 is 10.8 Å².